The van der Waals surface area contributed by atoms with Crippen LogP contribution in [0.1, 0.15) is 0 Å². The number of nitrogens with zero attached hydrogens (tertiary/aromatic N) is 3. The average Bonchev–Trinajstić information content (AvgIpc) is 3.93. The van der Waals surface area contributed by atoms with Gasteiger partial charge in [0, 0.05) is 54.5 Å². The van der Waals surface area contributed by atoms with E-state index >= 15 is 0 Å². The standard InChI is InChI=1S/C55H33N3O/c59-55-44-21-5-4-17-40(44)47-30-37(31-48-43-20-8-11-24-51(43)58(55)54(47)48)36-14-12-13-35(29-36)34-25-27-39(28-26-34)57-50-23-10-7-19-42(50)46-32-52-45(33-53(46)57)41-18-6-9-22-49(41)56(52)38-15-2-1-3-16-38/h1-33H. The zero-order chi connectivity index (χ0) is 38.8. The van der Waals surface area contributed by atoms with Crippen molar-refractivity contribution < 1.29 is 0 Å². The highest BCUT2D eigenvalue weighted by molar-refractivity contribution is 6.22. The van der Waals surface area contributed by atoms with Gasteiger partial charge in [0.15, 0.2) is 0 Å². The van der Waals surface area contributed by atoms with Gasteiger partial charge >= 0.3 is 0 Å². The summed E-state index contributed by atoms with van der Waals surface area (Å²) < 4.78 is 6.72. The van der Waals surface area contributed by atoms with Crippen LogP contribution in [-0.4, -0.2) is 13.5 Å². The predicted molar refractivity (Wildman–Crippen MR) is 247 cm³/mol. The first-order valence-electron chi connectivity index (χ1n) is 20.1. The molecule has 4 heterocycles. The number of pyridine rings is 1. The molecule has 9 aromatic carbocycles. The Morgan fingerprint density at radius 3 is 1.37 bits per heavy atom. The molecule has 0 N–H and O–H groups in total. The van der Waals surface area contributed by atoms with E-state index in [0.717, 1.165) is 71.6 Å². The molecule has 4 heteroatoms. The summed E-state index contributed by atoms with van der Waals surface area (Å²) in [6, 6.07) is 71.6. The first-order chi connectivity index (χ1) is 29.2. The van der Waals surface area contributed by atoms with E-state index in [1.165, 1.54) is 43.6 Å². The second kappa shape index (κ2) is 12.0. The van der Waals surface area contributed by atoms with Gasteiger partial charge in [-0.2, -0.15) is 0 Å². The molecule has 0 spiro atoms. The molecule has 0 radical (unpaired) electrons. The van der Waals surface area contributed by atoms with Gasteiger partial charge in [-0.05, 0) is 107 Å². The van der Waals surface area contributed by atoms with Crippen molar-refractivity contribution in [2.24, 2.45) is 0 Å². The lowest BCUT2D eigenvalue weighted by Gasteiger charge is -2.12. The third-order valence-electron chi connectivity index (χ3n) is 12.6. The normalized spacial score (nSPS) is 12.1. The Balaban J connectivity index is 0.958. The molecule has 0 bridgehead atoms. The molecule has 0 saturated heterocycles. The van der Waals surface area contributed by atoms with Gasteiger partial charge in [-0.25, -0.2) is 0 Å². The molecule has 13 aromatic rings. The lowest BCUT2D eigenvalue weighted by atomic mass is 9.95. The van der Waals surface area contributed by atoms with Crippen LogP contribution in [0.5, 0.6) is 0 Å². The van der Waals surface area contributed by atoms with Crippen LogP contribution in [0.2, 0.25) is 0 Å². The first kappa shape index (κ1) is 32.2. The number of benzene rings is 9. The van der Waals surface area contributed by atoms with Crippen molar-refractivity contribution in [3.05, 3.63) is 211 Å². The fourth-order valence-corrected chi connectivity index (χ4v) is 9.95. The molecule has 0 aliphatic heterocycles. The maximum atomic E-state index is 13.9. The van der Waals surface area contributed by atoms with Gasteiger partial charge < -0.3 is 9.13 Å². The largest absolute Gasteiger partial charge is 0.309 e. The summed E-state index contributed by atoms with van der Waals surface area (Å²) in [4.78, 5) is 13.9. The minimum atomic E-state index is 0.0300. The summed E-state index contributed by atoms with van der Waals surface area (Å²) >= 11 is 0. The number of hydrogen-bond donors (Lipinski definition) is 0. The zero-order valence-corrected chi connectivity index (χ0v) is 31.8. The highest BCUT2D eigenvalue weighted by atomic mass is 16.1. The van der Waals surface area contributed by atoms with Gasteiger partial charge in [-0.3, -0.25) is 9.20 Å². The molecule has 59 heavy (non-hydrogen) atoms. The quantitative estimate of drug-likeness (QED) is 0.165. The van der Waals surface area contributed by atoms with Gasteiger partial charge in [0.25, 0.3) is 5.56 Å². The van der Waals surface area contributed by atoms with E-state index in [1.54, 1.807) is 0 Å². The average molecular weight is 752 g/mol. The molecule has 0 saturated carbocycles. The molecule has 274 valence electrons. The Labute approximate surface area is 338 Å². The van der Waals surface area contributed by atoms with Crippen LogP contribution < -0.4 is 5.56 Å². The van der Waals surface area contributed by atoms with Crippen LogP contribution in [0, 0.1) is 0 Å². The summed E-state index contributed by atoms with van der Waals surface area (Å²) in [5.41, 5.74) is 13.6. The van der Waals surface area contributed by atoms with Crippen molar-refractivity contribution in [3.8, 4) is 33.6 Å². The molecule has 4 aromatic heterocycles. The predicted octanol–water partition coefficient (Wildman–Crippen LogP) is 13.7. The maximum absolute atomic E-state index is 13.9. The van der Waals surface area contributed by atoms with E-state index in [-0.39, 0.29) is 5.56 Å². The van der Waals surface area contributed by atoms with Gasteiger partial charge in [-0.15, -0.1) is 0 Å². The van der Waals surface area contributed by atoms with E-state index in [9.17, 15) is 4.79 Å². The summed E-state index contributed by atoms with van der Waals surface area (Å²) in [6.45, 7) is 0. The van der Waals surface area contributed by atoms with Gasteiger partial charge in [-0.1, -0.05) is 121 Å². The summed E-state index contributed by atoms with van der Waals surface area (Å²) in [6.07, 6.45) is 0. The maximum Gasteiger partial charge on any atom is 0.263 e. The Bertz CT molecular complexity index is 3910. The number of rotatable bonds is 4. The Morgan fingerprint density at radius 2 is 0.746 bits per heavy atom. The molecule has 0 fully saturated rings. The van der Waals surface area contributed by atoms with Crippen molar-refractivity contribution in [2.45, 2.75) is 0 Å². The SMILES string of the molecule is O=c1c2ccccc2c2cc(-c3cccc(-c4ccc(-n5c6ccccc6c6cc7c(cc65)c5ccccc5n7-c5ccccc5)cc4)c3)cc3c4ccccc4n1c23. The third-order valence-corrected chi connectivity index (χ3v) is 12.6. The lowest BCUT2D eigenvalue weighted by Crippen LogP contribution is -2.12. The van der Waals surface area contributed by atoms with Crippen LogP contribution in [0.15, 0.2) is 205 Å². The molecular weight excluding hydrogens is 719 g/mol. The van der Waals surface area contributed by atoms with Crippen molar-refractivity contribution in [3.63, 3.8) is 0 Å². The molecule has 13 rings (SSSR count). The monoisotopic (exact) mass is 751 g/mol. The zero-order valence-electron chi connectivity index (χ0n) is 31.8. The number of aromatic nitrogens is 3. The van der Waals surface area contributed by atoms with E-state index in [2.05, 4.69) is 185 Å². The van der Waals surface area contributed by atoms with Crippen molar-refractivity contribution in [1.29, 1.82) is 0 Å². The fraction of sp³-hybridized carbons (Fsp3) is 0. The fourth-order valence-electron chi connectivity index (χ4n) is 9.95. The topological polar surface area (TPSA) is 31.3 Å². The van der Waals surface area contributed by atoms with Crippen molar-refractivity contribution in [2.75, 3.05) is 0 Å². The molecule has 0 atom stereocenters. The molecule has 4 nitrogen and oxygen atoms in total. The smallest absolute Gasteiger partial charge is 0.263 e. The van der Waals surface area contributed by atoms with Gasteiger partial charge in [0.1, 0.15) is 0 Å². The number of hydrogen-bond acceptors (Lipinski definition) is 1. The Kier molecular flexibility index (Phi) is 6.56. The van der Waals surface area contributed by atoms with Crippen LogP contribution in [0.4, 0.5) is 0 Å². The number of fused-ring (bicyclic) bond motifs is 11. The first-order valence-corrected chi connectivity index (χ1v) is 20.1. The Hall–Kier alpha value is -7.95. The lowest BCUT2D eigenvalue weighted by molar-refractivity contribution is 1.17. The van der Waals surface area contributed by atoms with E-state index in [4.69, 9.17) is 0 Å². The molecule has 0 amide bonds. The molecule has 0 unspecified atom stereocenters. The van der Waals surface area contributed by atoms with E-state index in [1.807, 2.05) is 28.7 Å². The van der Waals surface area contributed by atoms with Crippen molar-refractivity contribution >= 4 is 81.6 Å². The molecule has 0 aliphatic rings. The molecule has 0 aliphatic carbocycles. The second-order valence-corrected chi connectivity index (χ2v) is 15.7. The highest BCUT2D eigenvalue weighted by Gasteiger charge is 2.20. The van der Waals surface area contributed by atoms with E-state index < -0.39 is 0 Å². The second-order valence-electron chi connectivity index (χ2n) is 15.7. The van der Waals surface area contributed by atoms with Crippen LogP contribution in [-0.2, 0) is 0 Å². The minimum Gasteiger partial charge on any atom is -0.309 e. The number of para-hydroxylation sites is 4. The Morgan fingerprint density at radius 1 is 0.271 bits per heavy atom. The summed E-state index contributed by atoms with van der Waals surface area (Å²) in [5, 5.41) is 9.94. The minimum absolute atomic E-state index is 0.0300. The molecular formula is C55H33N3O. The van der Waals surface area contributed by atoms with E-state index in [0.29, 0.717) is 0 Å². The third kappa shape index (κ3) is 4.51. The van der Waals surface area contributed by atoms with Crippen molar-refractivity contribution in [1.82, 2.24) is 13.5 Å². The van der Waals surface area contributed by atoms with Crippen LogP contribution in [0.3, 0.4) is 0 Å². The highest BCUT2D eigenvalue weighted by Crippen LogP contribution is 2.41. The summed E-state index contributed by atoms with van der Waals surface area (Å²) in [7, 11) is 0. The summed E-state index contributed by atoms with van der Waals surface area (Å²) in [5.74, 6) is 0. The van der Waals surface area contributed by atoms with Gasteiger partial charge in [0.2, 0.25) is 0 Å². The van der Waals surface area contributed by atoms with Crippen LogP contribution in [0.25, 0.3) is 115 Å². The van der Waals surface area contributed by atoms with Gasteiger partial charge in [0.05, 0.1) is 33.1 Å². The van der Waals surface area contributed by atoms with Crippen LogP contribution >= 0.6 is 0 Å².